The minimum atomic E-state index is -1.05. The largest absolute Gasteiger partial charge is 0.465 e. The van der Waals surface area contributed by atoms with Gasteiger partial charge in [0.25, 0.3) is 5.91 Å². The first-order chi connectivity index (χ1) is 14.5. The number of halogens is 2. The zero-order valence-corrected chi connectivity index (χ0v) is 16.3. The molecule has 1 unspecified atom stereocenters. The lowest BCUT2D eigenvalue weighted by Gasteiger charge is -2.39. The van der Waals surface area contributed by atoms with Gasteiger partial charge in [0.2, 0.25) is 0 Å². The molecule has 2 amide bonds. The molecule has 0 saturated carbocycles. The van der Waals surface area contributed by atoms with Crippen LogP contribution < -0.4 is 0 Å². The van der Waals surface area contributed by atoms with E-state index in [2.05, 4.69) is 0 Å². The SMILES string of the molecule is O=C(O)N1CCOC(C(=O)N2CCc3ccccc3[C@@H]2c2ccc(F)cc2F)CC1. The van der Waals surface area contributed by atoms with Gasteiger partial charge in [-0.15, -0.1) is 0 Å². The van der Waals surface area contributed by atoms with Gasteiger partial charge in [0.1, 0.15) is 17.7 Å². The molecule has 0 aliphatic carbocycles. The van der Waals surface area contributed by atoms with Crippen molar-refractivity contribution in [1.82, 2.24) is 9.80 Å². The van der Waals surface area contributed by atoms with Crippen molar-refractivity contribution >= 4 is 12.0 Å². The van der Waals surface area contributed by atoms with E-state index in [1.807, 2.05) is 24.3 Å². The molecule has 2 aromatic rings. The van der Waals surface area contributed by atoms with E-state index in [1.54, 1.807) is 4.90 Å². The summed E-state index contributed by atoms with van der Waals surface area (Å²) in [5, 5.41) is 9.19. The van der Waals surface area contributed by atoms with Crippen LogP contribution in [0.5, 0.6) is 0 Å². The van der Waals surface area contributed by atoms with Crippen molar-refractivity contribution in [2.24, 2.45) is 0 Å². The number of carboxylic acid groups (broad SMARTS) is 1. The number of amides is 2. The van der Waals surface area contributed by atoms with Gasteiger partial charge in [-0.1, -0.05) is 30.3 Å². The average Bonchev–Trinajstić information content (AvgIpc) is 2.99. The predicted molar refractivity (Wildman–Crippen MR) is 104 cm³/mol. The molecule has 158 valence electrons. The van der Waals surface area contributed by atoms with Crippen LogP contribution in [0.4, 0.5) is 13.6 Å². The molecule has 1 fully saturated rings. The first kappa shape index (κ1) is 20.3. The molecule has 0 aromatic heterocycles. The van der Waals surface area contributed by atoms with Gasteiger partial charge in [0.05, 0.1) is 12.6 Å². The Bertz CT molecular complexity index is 968. The number of rotatable bonds is 2. The summed E-state index contributed by atoms with van der Waals surface area (Å²) in [7, 11) is 0. The molecule has 2 heterocycles. The summed E-state index contributed by atoms with van der Waals surface area (Å²) in [5.74, 6) is -1.71. The first-order valence-corrected chi connectivity index (χ1v) is 9.88. The Hall–Kier alpha value is -3.00. The zero-order chi connectivity index (χ0) is 21.3. The van der Waals surface area contributed by atoms with Crippen LogP contribution in [0.25, 0.3) is 0 Å². The van der Waals surface area contributed by atoms with E-state index in [0.717, 1.165) is 17.2 Å². The van der Waals surface area contributed by atoms with Gasteiger partial charge in [-0.3, -0.25) is 4.79 Å². The fourth-order valence-electron chi connectivity index (χ4n) is 4.21. The molecule has 2 atom stereocenters. The van der Waals surface area contributed by atoms with Crippen LogP contribution >= 0.6 is 0 Å². The van der Waals surface area contributed by atoms with Crippen molar-refractivity contribution in [3.05, 3.63) is 70.8 Å². The van der Waals surface area contributed by atoms with Crippen molar-refractivity contribution < 1.29 is 28.2 Å². The number of hydrogen-bond donors (Lipinski definition) is 1. The number of benzene rings is 2. The maximum atomic E-state index is 14.7. The van der Waals surface area contributed by atoms with Crippen LogP contribution in [0.1, 0.15) is 29.2 Å². The van der Waals surface area contributed by atoms with Crippen LogP contribution in [-0.2, 0) is 16.0 Å². The first-order valence-electron chi connectivity index (χ1n) is 9.88. The van der Waals surface area contributed by atoms with Crippen LogP contribution in [0.3, 0.4) is 0 Å². The summed E-state index contributed by atoms with van der Waals surface area (Å²) in [4.78, 5) is 27.4. The van der Waals surface area contributed by atoms with Gasteiger partial charge in [-0.05, 0) is 23.6 Å². The summed E-state index contributed by atoms with van der Waals surface area (Å²) in [6.07, 6.45) is -1.03. The normalized spacial score (nSPS) is 21.7. The van der Waals surface area contributed by atoms with E-state index < -0.39 is 29.9 Å². The lowest BCUT2D eigenvalue weighted by Crippen LogP contribution is -2.46. The third kappa shape index (κ3) is 3.87. The second-order valence-corrected chi connectivity index (χ2v) is 7.47. The number of hydrogen-bond acceptors (Lipinski definition) is 3. The van der Waals surface area contributed by atoms with E-state index in [0.29, 0.717) is 13.0 Å². The smallest absolute Gasteiger partial charge is 0.407 e. The van der Waals surface area contributed by atoms with E-state index >= 15 is 0 Å². The minimum absolute atomic E-state index is 0.114. The number of carbonyl (C=O) groups excluding carboxylic acids is 1. The Morgan fingerprint density at radius 1 is 1.03 bits per heavy atom. The van der Waals surface area contributed by atoms with E-state index in [9.17, 15) is 23.5 Å². The highest BCUT2D eigenvalue weighted by Gasteiger charge is 2.37. The molecule has 2 aliphatic rings. The number of nitrogens with zero attached hydrogens (tertiary/aromatic N) is 2. The molecular formula is C22H22F2N2O4. The Balaban J connectivity index is 1.67. The summed E-state index contributed by atoms with van der Waals surface area (Å²) >= 11 is 0. The summed E-state index contributed by atoms with van der Waals surface area (Å²) < 4.78 is 33.9. The van der Waals surface area contributed by atoms with Crippen molar-refractivity contribution in [2.45, 2.75) is 25.0 Å². The highest BCUT2D eigenvalue weighted by molar-refractivity contribution is 5.82. The summed E-state index contributed by atoms with van der Waals surface area (Å²) in [5.41, 5.74) is 2.02. The van der Waals surface area contributed by atoms with Crippen LogP contribution in [-0.4, -0.2) is 59.3 Å². The molecule has 4 rings (SSSR count). The van der Waals surface area contributed by atoms with E-state index in [1.165, 1.54) is 17.0 Å². The van der Waals surface area contributed by atoms with Crippen molar-refractivity contribution in [1.29, 1.82) is 0 Å². The zero-order valence-electron chi connectivity index (χ0n) is 16.3. The van der Waals surface area contributed by atoms with E-state index in [-0.39, 0.29) is 37.6 Å². The Morgan fingerprint density at radius 2 is 1.83 bits per heavy atom. The minimum Gasteiger partial charge on any atom is -0.465 e. The number of ether oxygens (including phenoxy) is 1. The molecule has 0 radical (unpaired) electrons. The molecule has 1 saturated heterocycles. The van der Waals surface area contributed by atoms with Crippen molar-refractivity contribution in [3.8, 4) is 0 Å². The van der Waals surface area contributed by atoms with Crippen molar-refractivity contribution in [2.75, 3.05) is 26.2 Å². The Kier molecular flexibility index (Phi) is 5.67. The predicted octanol–water partition coefficient (Wildman–Crippen LogP) is 3.21. The number of carbonyl (C=O) groups is 2. The standard InChI is InChI=1S/C22H22F2N2O4/c23-15-5-6-17(18(24)13-15)20-16-4-2-1-3-14(16)7-10-26(20)21(27)19-8-9-25(22(28)29)11-12-30-19/h1-6,13,19-20H,7-12H2,(H,28,29)/t19?,20-/m1/s1. The van der Waals surface area contributed by atoms with Gasteiger partial charge < -0.3 is 19.6 Å². The number of fused-ring (bicyclic) bond motifs is 1. The fourth-order valence-corrected chi connectivity index (χ4v) is 4.21. The highest BCUT2D eigenvalue weighted by Crippen LogP contribution is 2.37. The van der Waals surface area contributed by atoms with Crippen LogP contribution in [0.15, 0.2) is 42.5 Å². The third-order valence-corrected chi connectivity index (χ3v) is 5.71. The molecule has 0 bridgehead atoms. The lowest BCUT2D eigenvalue weighted by molar-refractivity contribution is -0.145. The van der Waals surface area contributed by atoms with Crippen molar-refractivity contribution in [3.63, 3.8) is 0 Å². The molecule has 2 aliphatic heterocycles. The quantitative estimate of drug-likeness (QED) is 0.816. The van der Waals surface area contributed by atoms with Gasteiger partial charge in [-0.25, -0.2) is 13.6 Å². The van der Waals surface area contributed by atoms with Gasteiger partial charge >= 0.3 is 6.09 Å². The Morgan fingerprint density at radius 3 is 2.60 bits per heavy atom. The second-order valence-electron chi connectivity index (χ2n) is 7.47. The third-order valence-electron chi connectivity index (χ3n) is 5.71. The monoisotopic (exact) mass is 416 g/mol. The highest BCUT2D eigenvalue weighted by atomic mass is 19.1. The molecule has 0 spiro atoms. The Labute approximate surface area is 172 Å². The fraction of sp³-hybridized carbons (Fsp3) is 0.364. The summed E-state index contributed by atoms with van der Waals surface area (Å²) in [6, 6.07) is 10.2. The lowest BCUT2D eigenvalue weighted by atomic mass is 9.87. The van der Waals surface area contributed by atoms with Crippen LogP contribution in [0, 0.1) is 11.6 Å². The molecule has 8 heteroatoms. The molecule has 2 aromatic carbocycles. The molecule has 1 N–H and O–H groups in total. The van der Waals surface area contributed by atoms with Crippen LogP contribution in [0.2, 0.25) is 0 Å². The molecular weight excluding hydrogens is 394 g/mol. The van der Waals surface area contributed by atoms with Gasteiger partial charge in [0.15, 0.2) is 0 Å². The van der Waals surface area contributed by atoms with Gasteiger partial charge in [-0.2, -0.15) is 0 Å². The van der Waals surface area contributed by atoms with Gasteiger partial charge in [0, 0.05) is 37.7 Å². The summed E-state index contributed by atoms with van der Waals surface area (Å²) in [6.45, 7) is 0.853. The maximum Gasteiger partial charge on any atom is 0.407 e. The van der Waals surface area contributed by atoms with E-state index in [4.69, 9.17) is 4.74 Å². The topological polar surface area (TPSA) is 70.1 Å². The second kappa shape index (κ2) is 8.39. The molecule has 6 nitrogen and oxygen atoms in total. The average molecular weight is 416 g/mol. The maximum absolute atomic E-state index is 14.7. The molecule has 30 heavy (non-hydrogen) atoms.